The van der Waals surface area contributed by atoms with Gasteiger partial charge in [-0.3, -0.25) is 0 Å². The fourth-order valence-corrected chi connectivity index (χ4v) is 2.46. The van der Waals surface area contributed by atoms with Crippen molar-refractivity contribution in [2.45, 2.75) is 26.3 Å². The lowest BCUT2D eigenvalue weighted by molar-refractivity contribution is 0.772. The molecular weight excluding hydrogens is 240 g/mol. The van der Waals surface area contributed by atoms with Crippen LogP contribution in [0.2, 0.25) is 5.02 Å². The molecule has 0 fully saturated rings. The largest absolute Gasteiger partial charge is 0.397 e. The van der Waals surface area contributed by atoms with Crippen molar-refractivity contribution in [2.24, 2.45) is 0 Å². The zero-order valence-corrected chi connectivity index (χ0v) is 11.4. The van der Waals surface area contributed by atoms with Gasteiger partial charge in [-0.1, -0.05) is 24.6 Å². The highest BCUT2D eigenvalue weighted by molar-refractivity contribution is 7.99. The number of para-hydroxylation sites is 1. The van der Waals surface area contributed by atoms with E-state index in [1.54, 1.807) is 0 Å². The number of anilines is 2. The van der Waals surface area contributed by atoms with Crippen LogP contribution in [0.25, 0.3) is 0 Å². The second-order valence-electron chi connectivity index (χ2n) is 3.74. The van der Waals surface area contributed by atoms with E-state index < -0.39 is 0 Å². The average molecular weight is 259 g/mol. The van der Waals surface area contributed by atoms with Crippen LogP contribution in [0.4, 0.5) is 11.4 Å². The van der Waals surface area contributed by atoms with Crippen molar-refractivity contribution >= 4 is 34.7 Å². The molecule has 16 heavy (non-hydrogen) atoms. The summed E-state index contributed by atoms with van der Waals surface area (Å²) in [6.45, 7) is 4.33. The molecule has 0 spiro atoms. The first-order valence-corrected chi connectivity index (χ1v) is 7.06. The Bertz CT molecular complexity index is 311. The van der Waals surface area contributed by atoms with Crippen molar-refractivity contribution in [3.05, 3.63) is 23.2 Å². The molecule has 0 aliphatic heterocycles. The Morgan fingerprint density at radius 3 is 2.88 bits per heavy atom. The van der Waals surface area contributed by atoms with Gasteiger partial charge in [-0.15, -0.1) is 0 Å². The molecule has 2 nitrogen and oxygen atoms in total. The monoisotopic (exact) mass is 258 g/mol. The number of nitrogen functional groups attached to an aromatic ring is 1. The Kier molecular flexibility index (Phi) is 5.85. The number of nitrogens with one attached hydrogen (secondary N) is 1. The van der Waals surface area contributed by atoms with Gasteiger partial charge >= 0.3 is 0 Å². The molecule has 0 aliphatic carbocycles. The topological polar surface area (TPSA) is 38.0 Å². The van der Waals surface area contributed by atoms with E-state index in [-0.39, 0.29) is 0 Å². The van der Waals surface area contributed by atoms with E-state index in [9.17, 15) is 0 Å². The van der Waals surface area contributed by atoms with E-state index >= 15 is 0 Å². The minimum absolute atomic E-state index is 0.390. The first kappa shape index (κ1) is 13.5. The van der Waals surface area contributed by atoms with Crippen molar-refractivity contribution in [2.75, 3.05) is 22.6 Å². The number of halogens is 1. The maximum Gasteiger partial charge on any atom is 0.0765 e. The molecule has 90 valence electrons. The molecule has 0 saturated carbocycles. The molecule has 0 aliphatic rings. The van der Waals surface area contributed by atoms with Gasteiger partial charge < -0.3 is 11.1 Å². The highest BCUT2D eigenvalue weighted by Gasteiger charge is 2.07. The molecule has 1 rings (SSSR count). The number of rotatable bonds is 6. The average Bonchev–Trinajstić information content (AvgIpc) is 2.24. The van der Waals surface area contributed by atoms with Gasteiger partial charge in [-0.25, -0.2) is 0 Å². The zero-order chi connectivity index (χ0) is 12.0. The number of benzene rings is 1. The number of hydrogen-bond donors (Lipinski definition) is 2. The smallest absolute Gasteiger partial charge is 0.0765 e. The number of hydrogen-bond acceptors (Lipinski definition) is 3. The molecule has 4 heteroatoms. The molecule has 0 radical (unpaired) electrons. The predicted octanol–water partition coefficient (Wildman–Crippen LogP) is 3.87. The Balaban J connectivity index is 2.52. The summed E-state index contributed by atoms with van der Waals surface area (Å²) in [7, 11) is 0. The lowest BCUT2D eigenvalue weighted by atomic mass is 10.2. The van der Waals surface area contributed by atoms with Crippen molar-refractivity contribution in [1.29, 1.82) is 0 Å². The van der Waals surface area contributed by atoms with Crippen molar-refractivity contribution in [3.63, 3.8) is 0 Å². The van der Waals surface area contributed by atoms with E-state index in [1.165, 1.54) is 5.75 Å². The second kappa shape index (κ2) is 6.92. The molecule has 0 heterocycles. The Morgan fingerprint density at radius 1 is 1.50 bits per heavy atom. The van der Waals surface area contributed by atoms with Gasteiger partial charge in [-0.2, -0.15) is 11.8 Å². The van der Waals surface area contributed by atoms with Gasteiger partial charge in [0.05, 0.1) is 16.4 Å². The summed E-state index contributed by atoms with van der Waals surface area (Å²) in [6.07, 6.45) is 1.11. The predicted molar refractivity (Wildman–Crippen MR) is 76.6 cm³/mol. The lowest BCUT2D eigenvalue weighted by Gasteiger charge is -2.17. The van der Waals surface area contributed by atoms with Gasteiger partial charge in [0.1, 0.15) is 0 Å². The third-order valence-corrected chi connectivity index (χ3v) is 3.58. The third kappa shape index (κ3) is 4.14. The van der Waals surface area contributed by atoms with Gasteiger partial charge in [0.15, 0.2) is 0 Å². The normalized spacial score (nSPS) is 12.4. The van der Waals surface area contributed by atoms with Crippen LogP contribution in [-0.4, -0.2) is 17.5 Å². The van der Waals surface area contributed by atoms with Crippen LogP contribution in [0.15, 0.2) is 18.2 Å². The van der Waals surface area contributed by atoms with E-state index in [4.69, 9.17) is 17.3 Å². The lowest BCUT2D eigenvalue weighted by Crippen LogP contribution is -2.17. The van der Waals surface area contributed by atoms with Crippen molar-refractivity contribution in [3.8, 4) is 0 Å². The molecule has 1 atom stereocenters. The van der Waals surface area contributed by atoms with Gasteiger partial charge in [-0.05, 0) is 37.0 Å². The molecular formula is C12H19ClN2S. The second-order valence-corrected chi connectivity index (χ2v) is 5.54. The summed E-state index contributed by atoms with van der Waals surface area (Å²) >= 11 is 8.04. The summed E-state index contributed by atoms with van der Waals surface area (Å²) in [5.74, 6) is 2.33. The first-order chi connectivity index (χ1) is 7.65. The van der Waals surface area contributed by atoms with Crippen LogP contribution >= 0.6 is 23.4 Å². The third-order valence-electron chi connectivity index (χ3n) is 2.34. The quantitative estimate of drug-likeness (QED) is 0.601. The Labute approximate surface area is 107 Å². The van der Waals surface area contributed by atoms with E-state index in [0.717, 1.165) is 17.9 Å². The summed E-state index contributed by atoms with van der Waals surface area (Å²) in [4.78, 5) is 0. The maximum atomic E-state index is 6.09. The van der Waals surface area contributed by atoms with E-state index in [1.807, 2.05) is 30.0 Å². The summed E-state index contributed by atoms with van der Waals surface area (Å²) in [5.41, 5.74) is 7.44. The van der Waals surface area contributed by atoms with Crippen molar-refractivity contribution in [1.82, 2.24) is 0 Å². The number of thioether (sulfide) groups is 1. The summed E-state index contributed by atoms with van der Waals surface area (Å²) in [6, 6.07) is 5.97. The molecule has 0 saturated heterocycles. The first-order valence-electron chi connectivity index (χ1n) is 5.53. The highest BCUT2D eigenvalue weighted by Crippen LogP contribution is 2.28. The van der Waals surface area contributed by atoms with Crippen LogP contribution in [-0.2, 0) is 0 Å². The van der Waals surface area contributed by atoms with Gasteiger partial charge in [0.25, 0.3) is 0 Å². The molecule has 1 unspecified atom stereocenters. The standard InChI is InChI=1S/C12H19ClN2S/c1-3-16-8-7-9(2)15-12-10(13)5-4-6-11(12)14/h4-6,9,15H,3,7-8,14H2,1-2H3. The highest BCUT2D eigenvalue weighted by atomic mass is 35.5. The molecule has 0 aromatic heterocycles. The molecule has 0 amide bonds. The fraction of sp³-hybridized carbons (Fsp3) is 0.500. The Hall–Kier alpha value is -0.540. The van der Waals surface area contributed by atoms with Crippen LogP contribution in [0.1, 0.15) is 20.3 Å². The Morgan fingerprint density at radius 2 is 2.25 bits per heavy atom. The van der Waals surface area contributed by atoms with E-state index in [2.05, 4.69) is 19.2 Å². The summed E-state index contributed by atoms with van der Waals surface area (Å²) < 4.78 is 0. The van der Waals surface area contributed by atoms with Crippen LogP contribution < -0.4 is 11.1 Å². The minimum Gasteiger partial charge on any atom is -0.397 e. The van der Waals surface area contributed by atoms with E-state index in [0.29, 0.717) is 16.8 Å². The minimum atomic E-state index is 0.390. The molecule has 1 aromatic rings. The zero-order valence-electron chi connectivity index (χ0n) is 9.79. The SMILES string of the molecule is CCSCCC(C)Nc1c(N)cccc1Cl. The molecule has 1 aromatic carbocycles. The molecule has 3 N–H and O–H groups in total. The van der Waals surface area contributed by atoms with Crippen LogP contribution in [0, 0.1) is 0 Å². The summed E-state index contributed by atoms with van der Waals surface area (Å²) in [5, 5.41) is 4.06. The maximum absolute atomic E-state index is 6.09. The van der Waals surface area contributed by atoms with Crippen molar-refractivity contribution < 1.29 is 0 Å². The van der Waals surface area contributed by atoms with Crippen LogP contribution in [0.3, 0.4) is 0 Å². The van der Waals surface area contributed by atoms with Gasteiger partial charge in [0, 0.05) is 6.04 Å². The fourth-order valence-electron chi connectivity index (χ4n) is 1.42. The van der Waals surface area contributed by atoms with Gasteiger partial charge in [0.2, 0.25) is 0 Å². The van der Waals surface area contributed by atoms with Crippen LogP contribution in [0.5, 0.6) is 0 Å². The molecule has 0 bridgehead atoms. The number of nitrogens with two attached hydrogens (primary N) is 1.